The number of hydrogen-bond acceptors (Lipinski definition) is 2. The zero-order chi connectivity index (χ0) is 10.7. The Labute approximate surface area is 97.4 Å². The molecule has 2 nitrogen and oxygen atoms in total. The summed E-state index contributed by atoms with van der Waals surface area (Å²) in [5, 5.41) is 3.34. The molecule has 1 N–H and O–H groups in total. The maximum Gasteiger partial charge on any atom is 0.0952 e. The third-order valence-electron chi connectivity index (χ3n) is 2.12. The standard InChI is InChI=1S/C12H12BrNO/c1-9-4-11(13)6-12(5-9)14-7-10-2-3-15-8-10/h2-6,8,14H,7H2,1H3. The Morgan fingerprint density at radius 2 is 2.20 bits per heavy atom. The molecule has 2 rings (SSSR count). The second kappa shape index (κ2) is 4.53. The van der Waals surface area contributed by atoms with Crippen molar-refractivity contribution in [3.05, 3.63) is 52.4 Å². The Morgan fingerprint density at radius 3 is 2.87 bits per heavy atom. The molecule has 0 aliphatic heterocycles. The van der Waals surface area contributed by atoms with Crippen LogP contribution >= 0.6 is 15.9 Å². The molecule has 0 amide bonds. The van der Waals surface area contributed by atoms with Gasteiger partial charge in [-0.05, 0) is 36.8 Å². The summed E-state index contributed by atoms with van der Waals surface area (Å²) in [7, 11) is 0. The number of hydrogen-bond donors (Lipinski definition) is 1. The van der Waals surface area contributed by atoms with E-state index in [9.17, 15) is 0 Å². The van der Waals surface area contributed by atoms with Crippen LogP contribution in [0.4, 0.5) is 5.69 Å². The maximum absolute atomic E-state index is 5.00. The Balaban J connectivity index is 2.05. The van der Waals surface area contributed by atoms with E-state index in [0.29, 0.717) is 0 Å². The maximum atomic E-state index is 5.00. The lowest BCUT2D eigenvalue weighted by molar-refractivity contribution is 0.564. The number of furan rings is 1. The zero-order valence-corrected chi connectivity index (χ0v) is 10.0. The highest BCUT2D eigenvalue weighted by molar-refractivity contribution is 9.10. The number of aryl methyl sites for hydroxylation is 1. The van der Waals surface area contributed by atoms with Crippen LogP contribution in [0.2, 0.25) is 0 Å². The van der Waals surface area contributed by atoms with Crippen LogP contribution < -0.4 is 5.32 Å². The van der Waals surface area contributed by atoms with Gasteiger partial charge in [0.05, 0.1) is 12.5 Å². The Hall–Kier alpha value is -1.22. The second-order valence-electron chi connectivity index (χ2n) is 3.50. The number of halogens is 1. The van der Waals surface area contributed by atoms with Crippen LogP contribution in [0.25, 0.3) is 0 Å². The molecule has 0 unspecified atom stereocenters. The summed E-state index contributed by atoms with van der Waals surface area (Å²) in [4.78, 5) is 0. The largest absolute Gasteiger partial charge is 0.472 e. The molecule has 2 aromatic rings. The molecule has 3 heteroatoms. The molecule has 0 radical (unpaired) electrons. The predicted molar refractivity (Wildman–Crippen MR) is 64.9 cm³/mol. The molecule has 1 aromatic heterocycles. The van der Waals surface area contributed by atoms with Crippen molar-refractivity contribution in [2.24, 2.45) is 0 Å². The topological polar surface area (TPSA) is 25.2 Å². The molecule has 0 aliphatic carbocycles. The van der Waals surface area contributed by atoms with E-state index in [0.717, 1.165) is 22.3 Å². The van der Waals surface area contributed by atoms with E-state index in [2.05, 4.69) is 46.4 Å². The van der Waals surface area contributed by atoms with Crippen LogP contribution in [0, 0.1) is 6.92 Å². The van der Waals surface area contributed by atoms with E-state index < -0.39 is 0 Å². The van der Waals surface area contributed by atoms with Gasteiger partial charge in [-0.2, -0.15) is 0 Å². The summed E-state index contributed by atoms with van der Waals surface area (Å²) in [5.74, 6) is 0. The molecular weight excluding hydrogens is 254 g/mol. The third kappa shape index (κ3) is 2.86. The van der Waals surface area contributed by atoms with Crippen molar-refractivity contribution in [2.75, 3.05) is 5.32 Å². The van der Waals surface area contributed by atoms with Gasteiger partial charge in [0.25, 0.3) is 0 Å². The average molecular weight is 266 g/mol. The summed E-state index contributed by atoms with van der Waals surface area (Å²) >= 11 is 3.47. The van der Waals surface area contributed by atoms with E-state index in [1.165, 1.54) is 5.56 Å². The van der Waals surface area contributed by atoms with Gasteiger partial charge in [0.15, 0.2) is 0 Å². The van der Waals surface area contributed by atoms with Crippen molar-refractivity contribution in [3.63, 3.8) is 0 Å². The smallest absolute Gasteiger partial charge is 0.0952 e. The van der Waals surface area contributed by atoms with E-state index in [4.69, 9.17) is 4.42 Å². The summed E-state index contributed by atoms with van der Waals surface area (Å²) in [6, 6.07) is 8.22. The van der Waals surface area contributed by atoms with Crippen molar-refractivity contribution < 1.29 is 4.42 Å². The molecule has 15 heavy (non-hydrogen) atoms. The van der Waals surface area contributed by atoms with Crippen molar-refractivity contribution in [3.8, 4) is 0 Å². The number of nitrogens with one attached hydrogen (secondary N) is 1. The van der Waals surface area contributed by atoms with Gasteiger partial charge in [0.2, 0.25) is 0 Å². The van der Waals surface area contributed by atoms with Gasteiger partial charge in [0.1, 0.15) is 0 Å². The number of benzene rings is 1. The molecule has 0 saturated carbocycles. The minimum atomic E-state index is 0.784. The molecule has 0 bridgehead atoms. The van der Waals surface area contributed by atoms with Gasteiger partial charge in [-0.15, -0.1) is 0 Å². The first-order valence-corrected chi connectivity index (χ1v) is 5.55. The third-order valence-corrected chi connectivity index (χ3v) is 2.58. The van der Waals surface area contributed by atoms with Crippen molar-refractivity contribution in [2.45, 2.75) is 13.5 Å². The lowest BCUT2D eigenvalue weighted by atomic mass is 10.2. The first kappa shape index (κ1) is 10.3. The van der Waals surface area contributed by atoms with Crippen molar-refractivity contribution in [1.82, 2.24) is 0 Å². The van der Waals surface area contributed by atoms with Crippen LogP contribution in [-0.2, 0) is 6.54 Å². The highest BCUT2D eigenvalue weighted by Gasteiger charge is 1.97. The van der Waals surface area contributed by atoms with Crippen LogP contribution in [0.15, 0.2) is 45.7 Å². The lowest BCUT2D eigenvalue weighted by Gasteiger charge is -2.06. The van der Waals surface area contributed by atoms with Crippen LogP contribution in [-0.4, -0.2) is 0 Å². The predicted octanol–water partition coefficient (Wildman–Crippen LogP) is 3.96. The normalized spacial score (nSPS) is 10.3. The SMILES string of the molecule is Cc1cc(Br)cc(NCc2ccoc2)c1. The summed E-state index contributed by atoms with van der Waals surface area (Å²) in [6.07, 6.45) is 3.43. The Kier molecular flexibility index (Phi) is 3.11. The zero-order valence-electron chi connectivity index (χ0n) is 8.46. The van der Waals surface area contributed by atoms with E-state index in [1.807, 2.05) is 6.07 Å². The summed E-state index contributed by atoms with van der Waals surface area (Å²) in [5.41, 5.74) is 3.50. The minimum Gasteiger partial charge on any atom is -0.472 e. The van der Waals surface area contributed by atoms with Crippen molar-refractivity contribution in [1.29, 1.82) is 0 Å². The molecule has 1 aromatic carbocycles. The highest BCUT2D eigenvalue weighted by Crippen LogP contribution is 2.19. The number of rotatable bonds is 3. The fourth-order valence-electron chi connectivity index (χ4n) is 1.44. The van der Waals surface area contributed by atoms with E-state index >= 15 is 0 Å². The van der Waals surface area contributed by atoms with E-state index in [1.54, 1.807) is 12.5 Å². The molecular formula is C12H12BrNO. The van der Waals surface area contributed by atoms with Crippen LogP contribution in [0.1, 0.15) is 11.1 Å². The van der Waals surface area contributed by atoms with Gasteiger partial charge in [0, 0.05) is 22.3 Å². The van der Waals surface area contributed by atoms with Crippen LogP contribution in [0.3, 0.4) is 0 Å². The molecule has 78 valence electrons. The fourth-order valence-corrected chi connectivity index (χ4v) is 2.04. The summed E-state index contributed by atoms with van der Waals surface area (Å²) in [6.45, 7) is 2.86. The average Bonchev–Trinajstić information content (AvgIpc) is 2.65. The Morgan fingerprint density at radius 1 is 1.33 bits per heavy atom. The molecule has 1 heterocycles. The first-order valence-electron chi connectivity index (χ1n) is 4.76. The lowest BCUT2D eigenvalue weighted by Crippen LogP contribution is -1.98. The molecule has 0 atom stereocenters. The quantitative estimate of drug-likeness (QED) is 0.909. The molecule has 0 spiro atoms. The van der Waals surface area contributed by atoms with E-state index in [-0.39, 0.29) is 0 Å². The van der Waals surface area contributed by atoms with Crippen molar-refractivity contribution >= 4 is 21.6 Å². The molecule has 0 saturated heterocycles. The summed E-state index contributed by atoms with van der Waals surface area (Å²) < 4.78 is 6.10. The monoisotopic (exact) mass is 265 g/mol. The first-order chi connectivity index (χ1) is 7.24. The molecule has 0 fully saturated rings. The molecule has 0 aliphatic rings. The van der Waals surface area contributed by atoms with Gasteiger partial charge in [-0.25, -0.2) is 0 Å². The number of anilines is 1. The van der Waals surface area contributed by atoms with Gasteiger partial charge < -0.3 is 9.73 Å². The fraction of sp³-hybridized carbons (Fsp3) is 0.167. The van der Waals surface area contributed by atoms with Gasteiger partial charge in [-0.3, -0.25) is 0 Å². The Bertz CT molecular complexity index is 417. The highest BCUT2D eigenvalue weighted by atomic mass is 79.9. The minimum absolute atomic E-state index is 0.784. The van der Waals surface area contributed by atoms with Gasteiger partial charge in [-0.1, -0.05) is 15.9 Å². The van der Waals surface area contributed by atoms with Crippen LogP contribution in [0.5, 0.6) is 0 Å². The second-order valence-corrected chi connectivity index (χ2v) is 4.42. The van der Waals surface area contributed by atoms with Gasteiger partial charge >= 0.3 is 0 Å².